The molecule has 0 unspecified atom stereocenters. The summed E-state index contributed by atoms with van der Waals surface area (Å²) in [5, 5.41) is 8.67. The average Bonchev–Trinajstić information content (AvgIpc) is 2.75. The van der Waals surface area contributed by atoms with Crippen LogP contribution in [0.3, 0.4) is 0 Å². The third-order valence-electron chi connectivity index (χ3n) is 4.04. The minimum atomic E-state index is -0.428. The third-order valence-corrected chi connectivity index (χ3v) is 4.59. The van der Waals surface area contributed by atoms with Crippen LogP contribution in [0.5, 0.6) is 0 Å². The molecule has 0 spiro atoms. The Morgan fingerprint density at radius 1 is 0.903 bits per heavy atom. The summed E-state index contributed by atoms with van der Waals surface area (Å²) in [7, 11) is 0. The maximum Gasteiger partial charge on any atom is 0.255 e. The Bertz CT molecular complexity index is 1150. The van der Waals surface area contributed by atoms with Crippen LogP contribution in [0.4, 0.5) is 15.8 Å². The third kappa shape index (κ3) is 6.74. The molecule has 0 bridgehead atoms. The van der Waals surface area contributed by atoms with Gasteiger partial charge in [-0.25, -0.2) is 4.39 Å². The molecule has 3 aromatic rings. The molecule has 0 saturated carbocycles. The Morgan fingerprint density at radius 3 is 2.39 bits per heavy atom. The first-order valence-corrected chi connectivity index (χ1v) is 9.91. The molecule has 0 aliphatic rings. The summed E-state index contributed by atoms with van der Waals surface area (Å²) in [6.07, 6.45) is 2.91. The molecule has 0 aliphatic carbocycles. The number of rotatable bonds is 5. The molecule has 8 heteroatoms. The number of carbonyl (C=O) groups excluding carboxylic acids is 2. The maximum atomic E-state index is 13.0. The Labute approximate surface area is 188 Å². The molecule has 31 heavy (non-hydrogen) atoms. The highest BCUT2D eigenvalue weighted by Gasteiger charge is 2.08. The fourth-order valence-electron chi connectivity index (χ4n) is 2.57. The summed E-state index contributed by atoms with van der Waals surface area (Å²) in [5.74, 6) is -1.18. The number of benzene rings is 3. The summed E-state index contributed by atoms with van der Waals surface area (Å²) in [4.78, 5) is 24.5. The second-order valence-corrected chi connectivity index (χ2v) is 7.16. The minimum absolute atomic E-state index is 0.0740. The van der Waals surface area contributed by atoms with E-state index < -0.39 is 5.91 Å². The first kappa shape index (κ1) is 22.1. The highest BCUT2D eigenvalue weighted by atomic mass is 35.5. The predicted octanol–water partition coefficient (Wildman–Crippen LogP) is 5.26. The van der Waals surface area contributed by atoms with Crippen molar-refractivity contribution >= 4 is 58.2 Å². The van der Waals surface area contributed by atoms with Crippen molar-refractivity contribution in [2.45, 2.75) is 0 Å². The lowest BCUT2D eigenvalue weighted by Crippen LogP contribution is -2.32. The Hall–Kier alpha value is -3.55. The molecule has 0 radical (unpaired) electrons. The van der Waals surface area contributed by atoms with E-state index in [9.17, 15) is 14.0 Å². The van der Waals surface area contributed by atoms with Crippen LogP contribution < -0.4 is 16.0 Å². The van der Waals surface area contributed by atoms with Crippen molar-refractivity contribution in [2.75, 3.05) is 10.6 Å². The van der Waals surface area contributed by atoms with Crippen molar-refractivity contribution in [2.24, 2.45) is 0 Å². The summed E-state index contributed by atoms with van der Waals surface area (Å²) in [5.41, 5.74) is 2.06. The lowest BCUT2D eigenvalue weighted by Gasteiger charge is -2.10. The number of anilines is 2. The number of amides is 2. The highest BCUT2D eigenvalue weighted by molar-refractivity contribution is 7.80. The van der Waals surface area contributed by atoms with E-state index in [0.717, 1.165) is 0 Å². The molecule has 2 amide bonds. The monoisotopic (exact) mass is 453 g/mol. The van der Waals surface area contributed by atoms with E-state index in [0.29, 0.717) is 27.5 Å². The molecule has 0 heterocycles. The average molecular weight is 454 g/mol. The number of hydrogen-bond acceptors (Lipinski definition) is 3. The van der Waals surface area contributed by atoms with Gasteiger partial charge in [-0.3, -0.25) is 14.9 Å². The number of thiocarbonyl (C=S) groups is 1. The fourth-order valence-corrected chi connectivity index (χ4v) is 2.98. The SMILES string of the molecule is O=C(/C=C/c1ccccc1Cl)NC(=S)Nc1cccc(C(=O)Nc2ccc(F)cc2)c1. The van der Waals surface area contributed by atoms with Gasteiger partial charge in [0.25, 0.3) is 5.91 Å². The van der Waals surface area contributed by atoms with Crippen LogP contribution in [0.15, 0.2) is 78.9 Å². The fraction of sp³-hybridized carbons (Fsp3) is 0. The van der Waals surface area contributed by atoms with Crippen molar-refractivity contribution in [1.82, 2.24) is 5.32 Å². The topological polar surface area (TPSA) is 70.2 Å². The van der Waals surface area contributed by atoms with Crippen LogP contribution >= 0.6 is 23.8 Å². The van der Waals surface area contributed by atoms with Crippen LogP contribution in [-0.4, -0.2) is 16.9 Å². The zero-order chi connectivity index (χ0) is 22.2. The predicted molar refractivity (Wildman–Crippen MR) is 126 cm³/mol. The zero-order valence-corrected chi connectivity index (χ0v) is 17.6. The first-order valence-electron chi connectivity index (χ1n) is 9.12. The van der Waals surface area contributed by atoms with Gasteiger partial charge in [0.05, 0.1) is 0 Å². The van der Waals surface area contributed by atoms with E-state index in [1.54, 1.807) is 48.5 Å². The van der Waals surface area contributed by atoms with Gasteiger partial charge in [0.1, 0.15) is 5.82 Å². The lowest BCUT2D eigenvalue weighted by molar-refractivity contribution is -0.115. The molecule has 0 saturated heterocycles. The second-order valence-electron chi connectivity index (χ2n) is 6.34. The first-order chi connectivity index (χ1) is 14.9. The van der Waals surface area contributed by atoms with Crippen molar-refractivity contribution in [1.29, 1.82) is 0 Å². The van der Waals surface area contributed by atoms with Gasteiger partial charge in [0.2, 0.25) is 5.91 Å². The van der Waals surface area contributed by atoms with Crippen LogP contribution in [-0.2, 0) is 4.79 Å². The maximum absolute atomic E-state index is 13.0. The van der Waals surface area contributed by atoms with E-state index in [4.69, 9.17) is 23.8 Å². The molecule has 3 N–H and O–H groups in total. The highest BCUT2D eigenvalue weighted by Crippen LogP contribution is 2.16. The number of hydrogen-bond donors (Lipinski definition) is 3. The minimum Gasteiger partial charge on any atom is -0.332 e. The largest absolute Gasteiger partial charge is 0.332 e. The number of nitrogens with one attached hydrogen (secondary N) is 3. The molecule has 0 aromatic heterocycles. The molecule has 0 atom stereocenters. The molecule has 0 aliphatic heterocycles. The molecular formula is C23H17ClFN3O2S. The molecular weight excluding hydrogens is 437 g/mol. The van der Waals surface area contributed by atoms with Gasteiger partial charge in [0.15, 0.2) is 5.11 Å². The van der Waals surface area contributed by atoms with Crippen molar-refractivity contribution < 1.29 is 14.0 Å². The summed E-state index contributed by atoms with van der Waals surface area (Å²) in [6.45, 7) is 0. The van der Waals surface area contributed by atoms with E-state index in [1.807, 2.05) is 6.07 Å². The quantitative estimate of drug-likeness (QED) is 0.364. The Morgan fingerprint density at radius 2 is 1.65 bits per heavy atom. The molecule has 5 nitrogen and oxygen atoms in total. The van der Waals surface area contributed by atoms with Gasteiger partial charge in [-0.1, -0.05) is 35.9 Å². The van der Waals surface area contributed by atoms with Crippen molar-refractivity contribution in [3.63, 3.8) is 0 Å². The van der Waals surface area contributed by atoms with Gasteiger partial charge in [-0.05, 0) is 72.4 Å². The van der Waals surface area contributed by atoms with E-state index in [-0.39, 0.29) is 16.8 Å². The van der Waals surface area contributed by atoms with Crippen LogP contribution in [0.1, 0.15) is 15.9 Å². The molecule has 156 valence electrons. The molecule has 3 rings (SSSR count). The number of carbonyl (C=O) groups is 2. The van der Waals surface area contributed by atoms with Gasteiger partial charge in [-0.15, -0.1) is 0 Å². The lowest BCUT2D eigenvalue weighted by atomic mass is 10.2. The summed E-state index contributed by atoms with van der Waals surface area (Å²) >= 11 is 11.2. The van der Waals surface area contributed by atoms with E-state index in [2.05, 4.69) is 16.0 Å². The van der Waals surface area contributed by atoms with Gasteiger partial charge in [0, 0.05) is 28.0 Å². The summed E-state index contributed by atoms with van der Waals surface area (Å²) < 4.78 is 13.0. The van der Waals surface area contributed by atoms with Crippen molar-refractivity contribution in [3.8, 4) is 0 Å². The van der Waals surface area contributed by atoms with Gasteiger partial charge in [-0.2, -0.15) is 0 Å². The van der Waals surface area contributed by atoms with Crippen LogP contribution in [0.25, 0.3) is 6.08 Å². The van der Waals surface area contributed by atoms with Crippen LogP contribution in [0, 0.1) is 5.82 Å². The Balaban J connectivity index is 1.57. The van der Waals surface area contributed by atoms with Gasteiger partial charge >= 0.3 is 0 Å². The Kier molecular flexibility index (Phi) is 7.48. The molecule has 0 fully saturated rings. The molecule has 3 aromatic carbocycles. The smallest absolute Gasteiger partial charge is 0.255 e. The van der Waals surface area contributed by atoms with E-state index in [1.165, 1.54) is 30.3 Å². The van der Waals surface area contributed by atoms with Crippen molar-refractivity contribution in [3.05, 3.63) is 101 Å². The zero-order valence-electron chi connectivity index (χ0n) is 16.1. The standard InChI is InChI=1S/C23H17ClFN3O2S/c24-20-7-2-1-4-15(20)8-13-21(29)28-23(31)27-19-6-3-5-16(14-19)22(30)26-18-11-9-17(25)10-12-18/h1-14H,(H,26,30)(H2,27,28,29,31)/b13-8+. The second kappa shape index (κ2) is 10.5. The summed E-state index contributed by atoms with van der Waals surface area (Å²) in [6, 6.07) is 19.2. The normalized spacial score (nSPS) is 10.5. The van der Waals surface area contributed by atoms with Gasteiger partial charge < -0.3 is 10.6 Å². The van der Waals surface area contributed by atoms with E-state index >= 15 is 0 Å². The van der Waals surface area contributed by atoms with Crippen LogP contribution in [0.2, 0.25) is 5.02 Å². The number of halogens is 2.